The lowest BCUT2D eigenvalue weighted by atomic mass is 10.1. The summed E-state index contributed by atoms with van der Waals surface area (Å²) in [6.45, 7) is 3.32. The first kappa shape index (κ1) is 21.5. The molecule has 1 aliphatic heterocycles. The fourth-order valence-electron chi connectivity index (χ4n) is 3.79. The third kappa shape index (κ3) is 5.50. The number of non-ortho nitro benzene ring substituents is 1. The summed E-state index contributed by atoms with van der Waals surface area (Å²) in [7, 11) is 0. The van der Waals surface area contributed by atoms with E-state index in [1.165, 1.54) is 6.07 Å². The van der Waals surface area contributed by atoms with Crippen molar-refractivity contribution in [3.63, 3.8) is 0 Å². The highest BCUT2D eigenvalue weighted by Gasteiger charge is 2.22. The Labute approximate surface area is 187 Å². The van der Waals surface area contributed by atoms with Gasteiger partial charge in [0.1, 0.15) is 5.75 Å². The third-order valence-corrected chi connectivity index (χ3v) is 5.58. The molecule has 0 bridgehead atoms. The zero-order valence-corrected chi connectivity index (χ0v) is 17.7. The first-order valence-electron chi connectivity index (χ1n) is 10.6. The van der Waals surface area contributed by atoms with E-state index < -0.39 is 0 Å². The van der Waals surface area contributed by atoms with Crippen molar-refractivity contribution in [3.8, 4) is 16.9 Å². The molecule has 1 heterocycles. The van der Waals surface area contributed by atoms with Crippen LogP contribution in [0.5, 0.6) is 5.75 Å². The van der Waals surface area contributed by atoms with Crippen molar-refractivity contribution >= 4 is 11.6 Å². The number of hydrogen-bond acceptors (Lipinski definition) is 5. The van der Waals surface area contributed by atoms with E-state index in [4.69, 9.17) is 4.74 Å². The second kappa shape index (κ2) is 10.1. The minimum Gasteiger partial charge on any atom is -0.484 e. The molecule has 164 valence electrons. The number of amides is 1. The Morgan fingerprint density at radius 1 is 0.875 bits per heavy atom. The van der Waals surface area contributed by atoms with Gasteiger partial charge in [-0.2, -0.15) is 0 Å². The minimum absolute atomic E-state index is 0.00949. The second-order valence-electron chi connectivity index (χ2n) is 7.76. The van der Waals surface area contributed by atoms with E-state index in [1.54, 1.807) is 12.1 Å². The normalized spacial score (nSPS) is 14.2. The number of nitro groups is 1. The lowest BCUT2D eigenvalue weighted by Crippen LogP contribution is -2.49. The number of rotatable bonds is 7. The zero-order chi connectivity index (χ0) is 22.3. The van der Waals surface area contributed by atoms with Crippen LogP contribution >= 0.6 is 0 Å². The molecule has 0 aromatic heterocycles. The first-order valence-corrected chi connectivity index (χ1v) is 10.6. The molecule has 32 heavy (non-hydrogen) atoms. The van der Waals surface area contributed by atoms with Crippen LogP contribution in [0.2, 0.25) is 0 Å². The molecule has 1 amide bonds. The highest BCUT2D eigenvalue weighted by molar-refractivity contribution is 5.78. The molecule has 4 rings (SSSR count). The van der Waals surface area contributed by atoms with Crippen molar-refractivity contribution in [1.82, 2.24) is 9.80 Å². The Morgan fingerprint density at radius 3 is 2.25 bits per heavy atom. The molecule has 1 saturated heterocycles. The second-order valence-corrected chi connectivity index (χ2v) is 7.76. The highest BCUT2D eigenvalue weighted by Crippen LogP contribution is 2.22. The number of carbonyl (C=O) groups is 1. The van der Waals surface area contributed by atoms with Crippen molar-refractivity contribution in [3.05, 3.63) is 94.5 Å². The molecule has 1 fully saturated rings. The first-order chi connectivity index (χ1) is 15.6. The fraction of sp³-hybridized carbons (Fsp3) is 0.240. The summed E-state index contributed by atoms with van der Waals surface area (Å²) in [4.78, 5) is 27.1. The summed E-state index contributed by atoms with van der Waals surface area (Å²) in [5.41, 5.74) is 3.24. The van der Waals surface area contributed by atoms with Gasteiger partial charge in [0.25, 0.3) is 11.6 Å². The topological polar surface area (TPSA) is 75.9 Å². The summed E-state index contributed by atoms with van der Waals surface area (Å²) in [5, 5.41) is 10.9. The summed E-state index contributed by atoms with van der Waals surface area (Å²) in [6.07, 6.45) is 0. The minimum atomic E-state index is -0.380. The number of nitro benzene ring substituents is 1. The van der Waals surface area contributed by atoms with E-state index in [-0.39, 0.29) is 23.1 Å². The number of nitrogens with zero attached hydrogens (tertiary/aromatic N) is 3. The summed E-state index contributed by atoms with van der Waals surface area (Å²) in [6, 6.07) is 24.5. The van der Waals surface area contributed by atoms with Gasteiger partial charge in [0.05, 0.1) is 4.92 Å². The van der Waals surface area contributed by atoms with E-state index in [0.29, 0.717) is 25.4 Å². The zero-order valence-electron chi connectivity index (χ0n) is 17.7. The van der Waals surface area contributed by atoms with Gasteiger partial charge in [-0.1, -0.05) is 54.6 Å². The van der Waals surface area contributed by atoms with Crippen LogP contribution in [0.4, 0.5) is 5.69 Å². The van der Waals surface area contributed by atoms with Crippen molar-refractivity contribution in [1.29, 1.82) is 0 Å². The molecule has 0 atom stereocenters. The molecule has 0 unspecified atom stereocenters. The average molecular weight is 431 g/mol. The Kier molecular flexibility index (Phi) is 6.77. The Bertz CT molecular complexity index is 1060. The molecule has 0 saturated carbocycles. The molecule has 0 spiro atoms. The Hall–Kier alpha value is -3.71. The van der Waals surface area contributed by atoms with Gasteiger partial charge in [-0.05, 0) is 28.8 Å². The van der Waals surface area contributed by atoms with Crippen LogP contribution in [0.1, 0.15) is 5.56 Å². The van der Waals surface area contributed by atoms with Gasteiger partial charge in [-0.3, -0.25) is 19.8 Å². The molecular formula is C25H25N3O4. The van der Waals surface area contributed by atoms with E-state index in [9.17, 15) is 14.9 Å². The van der Waals surface area contributed by atoms with Crippen LogP contribution in [0.3, 0.4) is 0 Å². The SMILES string of the molecule is O=C(COc1ccc(-c2ccccc2)cc1)N1CCN(Cc2cccc([N+](=O)[O-])c2)CC1. The largest absolute Gasteiger partial charge is 0.484 e. The van der Waals surface area contributed by atoms with Gasteiger partial charge in [-0.25, -0.2) is 0 Å². The lowest BCUT2D eigenvalue weighted by molar-refractivity contribution is -0.384. The maximum Gasteiger partial charge on any atom is 0.269 e. The maximum absolute atomic E-state index is 12.6. The van der Waals surface area contributed by atoms with E-state index in [1.807, 2.05) is 53.4 Å². The number of piperazine rings is 1. The number of ether oxygens (including phenoxy) is 1. The quantitative estimate of drug-likeness (QED) is 0.418. The predicted molar refractivity (Wildman–Crippen MR) is 122 cm³/mol. The van der Waals surface area contributed by atoms with Gasteiger partial charge in [0, 0.05) is 44.9 Å². The molecule has 1 aliphatic rings. The standard InChI is InChI=1S/C25H25N3O4/c29-25(19-32-24-11-9-22(10-12-24)21-6-2-1-3-7-21)27-15-13-26(14-16-27)18-20-5-4-8-23(17-20)28(30)31/h1-12,17H,13-16,18-19H2. The van der Waals surface area contributed by atoms with Gasteiger partial charge < -0.3 is 9.64 Å². The smallest absolute Gasteiger partial charge is 0.269 e. The molecule has 0 radical (unpaired) electrons. The van der Waals surface area contributed by atoms with Gasteiger partial charge in [-0.15, -0.1) is 0 Å². The molecular weight excluding hydrogens is 406 g/mol. The average Bonchev–Trinajstić information content (AvgIpc) is 2.84. The molecule has 0 aliphatic carbocycles. The third-order valence-electron chi connectivity index (χ3n) is 5.58. The fourth-order valence-corrected chi connectivity index (χ4v) is 3.79. The van der Waals surface area contributed by atoms with Gasteiger partial charge in [0.2, 0.25) is 0 Å². The van der Waals surface area contributed by atoms with Crippen LogP contribution in [0.25, 0.3) is 11.1 Å². The molecule has 3 aromatic carbocycles. The van der Waals surface area contributed by atoms with Gasteiger partial charge in [0.15, 0.2) is 6.61 Å². The molecule has 7 nitrogen and oxygen atoms in total. The highest BCUT2D eigenvalue weighted by atomic mass is 16.6. The van der Waals surface area contributed by atoms with Crippen LogP contribution in [-0.4, -0.2) is 53.4 Å². The van der Waals surface area contributed by atoms with Crippen molar-refractivity contribution < 1.29 is 14.5 Å². The van der Waals surface area contributed by atoms with E-state index >= 15 is 0 Å². The molecule has 3 aromatic rings. The molecule has 7 heteroatoms. The number of hydrogen-bond donors (Lipinski definition) is 0. The maximum atomic E-state index is 12.6. The van der Waals surface area contributed by atoms with Crippen molar-refractivity contribution in [2.75, 3.05) is 32.8 Å². The van der Waals surface area contributed by atoms with E-state index in [0.717, 1.165) is 29.8 Å². The van der Waals surface area contributed by atoms with Crippen molar-refractivity contribution in [2.24, 2.45) is 0 Å². The van der Waals surface area contributed by atoms with Crippen LogP contribution in [0, 0.1) is 10.1 Å². The monoisotopic (exact) mass is 431 g/mol. The predicted octanol–water partition coefficient (Wildman–Crippen LogP) is 3.99. The Balaban J connectivity index is 1.23. The van der Waals surface area contributed by atoms with Crippen molar-refractivity contribution in [2.45, 2.75) is 6.54 Å². The Morgan fingerprint density at radius 2 is 1.56 bits per heavy atom. The summed E-state index contributed by atoms with van der Waals surface area (Å²) >= 11 is 0. The van der Waals surface area contributed by atoms with Crippen LogP contribution in [0.15, 0.2) is 78.9 Å². The van der Waals surface area contributed by atoms with Crippen LogP contribution in [-0.2, 0) is 11.3 Å². The summed E-state index contributed by atoms with van der Waals surface area (Å²) < 4.78 is 5.70. The number of benzene rings is 3. The van der Waals surface area contributed by atoms with Gasteiger partial charge >= 0.3 is 0 Å². The summed E-state index contributed by atoms with van der Waals surface area (Å²) in [5.74, 6) is 0.634. The van der Waals surface area contributed by atoms with E-state index in [2.05, 4.69) is 17.0 Å². The number of carbonyl (C=O) groups excluding carboxylic acids is 1. The molecule has 0 N–H and O–H groups in total. The van der Waals surface area contributed by atoms with Crippen LogP contribution < -0.4 is 4.74 Å². The lowest BCUT2D eigenvalue weighted by Gasteiger charge is -2.34.